The fourth-order valence-electron chi connectivity index (χ4n) is 3.53. The van der Waals surface area contributed by atoms with Crippen molar-refractivity contribution in [2.45, 2.75) is 58.7 Å². The first-order valence-electron chi connectivity index (χ1n) is 10.5. The van der Waals surface area contributed by atoms with E-state index in [4.69, 9.17) is 4.42 Å². The van der Waals surface area contributed by atoms with E-state index in [0.717, 1.165) is 22.1 Å². The molecule has 2 aromatic rings. The summed E-state index contributed by atoms with van der Waals surface area (Å²) in [4.78, 5) is 39.9. The number of hydrogen-bond acceptors (Lipinski definition) is 5. The standard InChI is InChI=1S/C23H30N4O4/c1-16(2)26(14-19-11-10-17(3)31-19)15-20(28)25-27-21(29)23(4,24-22(27)30)13-12-18-8-6-5-7-9-18/h5-11,16H,12-15H2,1-4H3,(H,24,30)(H,25,28). The van der Waals surface area contributed by atoms with Crippen LogP contribution in [0.15, 0.2) is 46.9 Å². The Bertz CT molecular complexity index is 940. The van der Waals surface area contributed by atoms with Crippen molar-refractivity contribution in [3.8, 4) is 0 Å². The van der Waals surface area contributed by atoms with Gasteiger partial charge in [-0.25, -0.2) is 4.79 Å². The average molecular weight is 427 g/mol. The lowest BCUT2D eigenvalue weighted by Crippen LogP contribution is -2.51. The first-order valence-corrected chi connectivity index (χ1v) is 10.5. The van der Waals surface area contributed by atoms with E-state index < -0.39 is 23.4 Å². The van der Waals surface area contributed by atoms with Gasteiger partial charge in [0, 0.05) is 6.04 Å². The van der Waals surface area contributed by atoms with Crippen molar-refractivity contribution in [1.29, 1.82) is 0 Å². The predicted molar refractivity (Wildman–Crippen MR) is 116 cm³/mol. The number of nitrogens with zero attached hydrogens (tertiary/aromatic N) is 2. The third-order valence-corrected chi connectivity index (χ3v) is 5.49. The van der Waals surface area contributed by atoms with E-state index in [2.05, 4.69) is 10.7 Å². The summed E-state index contributed by atoms with van der Waals surface area (Å²) in [6.07, 6.45) is 1.07. The van der Waals surface area contributed by atoms with Crippen LogP contribution in [0, 0.1) is 6.92 Å². The molecule has 1 aliphatic heterocycles. The van der Waals surface area contributed by atoms with Crippen LogP contribution in [0.4, 0.5) is 4.79 Å². The van der Waals surface area contributed by atoms with Gasteiger partial charge in [0.05, 0.1) is 13.1 Å². The SMILES string of the molecule is Cc1ccc(CN(CC(=O)NN2C(=O)NC(C)(CCc3ccccc3)C2=O)C(C)C)o1. The van der Waals surface area contributed by atoms with Crippen LogP contribution in [0.25, 0.3) is 0 Å². The molecule has 1 atom stereocenters. The van der Waals surface area contributed by atoms with Gasteiger partial charge in [0.1, 0.15) is 17.1 Å². The van der Waals surface area contributed by atoms with Crippen molar-refractivity contribution in [2.24, 2.45) is 0 Å². The molecule has 2 heterocycles. The molecule has 2 N–H and O–H groups in total. The van der Waals surface area contributed by atoms with Gasteiger partial charge in [0.15, 0.2) is 0 Å². The third kappa shape index (κ3) is 5.52. The Labute approximate surface area is 182 Å². The fraction of sp³-hybridized carbons (Fsp3) is 0.435. The summed E-state index contributed by atoms with van der Waals surface area (Å²) < 4.78 is 5.60. The number of benzene rings is 1. The molecule has 1 saturated heterocycles. The lowest BCUT2D eigenvalue weighted by Gasteiger charge is -2.26. The molecule has 1 aliphatic rings. The van der Waals surface area contributed by atoms with E-state index in [1.165, 1.54) is 0 Å². The normalized spacial score (nSPS) is 18.7. The minimum atomic E-state index is -1.07. The number of rotatable bonds is 9. The van der Waals surface area contributed by atoms with Crippen LogP contribution in [-0.2, 0) is 22.6 Å². The van der Waals surface area contributed by atoms with E-state index in [0.29, 0.717) is 19.4 Å². The Morgan fingerprint density at radius 1 is 1.19 bits per heavy atom. The van der Waals surface area contributed by atoms with Crippen molar-refractivity contribution < 1.29 is 18.8 Å². The summed E-state index contributed by atoms with van der Waals surface area (Å²) in [6, 6.07) is 12.9. The number of furan rings is 1. The van der Waals surface area contributed by atoms with Crippen LogP contribution in [0.2, 0.25) is 0 Å². The molecule has 0 spiro atoms. The smallest absolute Gasteiger partial charge is 0.344 e. The molecular weight excluding hydrogens is 396 g/mol. The Morgan fingerprint density at radius 3 is 2.52 bits per heavy atom. The Hall–Kier alpha value is -3.13. The quantitative estimate of drug-likeness (QED) is 0.601. The van der Waals surface area contributed by atoms with Gasteiger partial charge in [0.2, 0.25) is 0 Å². The van der Waals surface area contributed by atoms with Gasteiger partial charge in [-0.05, 0) is 58.2 Å². The molecule has 0 radical (unpaired) electrons. The molecule has 166 valence electrons. The predicted octanol–water partition coefficient (Wildman–Crippen LogP) is 2.77. The second-order valence-electron chi connectivity index (χ2n) is 8.43. The highest BCUT2D eigenvalue weighted by Gasteiger charge is 2.48. The molecule has 4 amide bonds. The highest BCUT2D eigenvalue weighted by Crippen LogP contribution is 2.22. The largest absolute Gasteiger partial charge is 0.465 e. The molecular formula is C23H30N4O4. The first-order chi connectivity index (χ1) is 14.7. The van der Waals surface area contributed by atoms with Crippen molar-refractivity contribution in [2.75, 3.05) is 6.54 Å². The number of hydrogen-bond donors (Lipinski definition) is 2. The minimum absolute atomic E-state index is 0.0230. The monoisotopic (exact) mass is 426 g/mol. The van der Waals surface area contributed by atoms with Gasteiger partial charge in [-0.2, -0.15) is 5.01 Å². The molecule has 8 heteroatoms. The van der Waals surface area contributed by atoms with Gasteiger partial charge in [-0.3, -0.25) is 19.9 Å². The molecule has 1 fully saturated rings. The number of imide groups is 1. The van der Waals surface area contributed by atoms with E-state index in [-0.39, 0.29) is 12.6 Å². The lowest BCUT2D eigenvalue weighted by molar-refractivity contribution is -0.139. The topological polar surface area (TPSA) is 94.9 Å². The zero-order valence-corrected chi connectivity index (χ0v) is 18.5. The summed E-state index contributed by atoms with van der Waals surface area (Å²) >= 11 is 0. The van der Waals surface area contributed by atoms with Gasteiger partial charge in [0.25, 0.3) is 11.8 Å². The molecule has 0 aliphatic carbocycles. The number of urea groups is 1. The van der Waals surface area contributed by atoms with E-state index in [1.807, 2.05) is 68.1 Å². The van der Waals surface area contributed by atoms with Gasteiger partial charge < -0.3 is 9.73 Å². The van der Waals surface area contributed by atoms with E-state index in [9.17, 15) is 14.4 Å². The summed E-state index contributed by atoms with van der Waals surface area (Å²) in [5.41, 5.74) is 2.48. The Kier molecular flexibility index (Phi) is 6.80. The maximum atomic E-state index is 12.9. The molecule has 0 saturated carbocycles. The van der Waals surface area contributed by atoms with Gasteiger partial charge >= 0.3 is 6.03 Å². The first kappa shape index (κ1) is 22.6. The van der Waals surface area contributed by atoms with Gasteiger partial charge in [-0.1, -0.05) is 30.3 Å². The fourth-order valence-corrected chi connectivity index (χ4v) is 3.53. The highest BCUT2D eigenvalue weighted by molar-refractivity contribution is 6.07. The number of aryl methyl sites for hydroxylation is 2. The average Bonchev–Trinajstić information content (AvgIpc) is 3.22. The van der Waals surface area contributed by atoms with Crippen LogP contribution in [0.5, 0.6) is 0 Å². The Morgan fingerprint density at radius 2 is 1.90 bits per heavy atom. The molecule has 0 bridgehead atoms. The molecule has 1 aromatic heterocycles. The number of carbonyl (C=O) groups is 3. The zero-order chi connectivity index (χ0) is 22.6. The number of amides is 4. The van der Waals surface area contributed by atoms with Crippen molar-refractivity contribution >= 4 is 17.8 Å². The number of nitrogens with one attached hydrogen (secondary N) is 2. The van der Waals surface area contributed by atoms with Gasteiger partial charge in [-0.15, -0.1) is 0 Å². The zero-order valence-electron chi connectivity index (χ0n) is 18.5. The molecule has 31 heavy (non-hydrogen) atoms. The van der Waals surface area contributed by atoms with Crippen LogP contribution in [0.1, 0.15) is 44.3 Å². The molecule has 1 unspecified atom stereocenters. The van der Waals surface area contributed by atoms with E-state index in [1.54, 1.807) is 6.92 Å². The molecule has 1 aromatic carbocycles. The Balaban J connectivity index is 1.59. The van der Waals surface area contributed by atoms with Crippen LogP contribution >= 0.6 is 0 Å². The van der Waals surface area contributed by atoms with Crippen molar-refractivity contribution in [3.63, 3.8) is 0 Å². The summed E-state index contributed by atoms with van der Waals surface area (Å²) in [5, 5.41) is 3.51. The summed E-state index contributed by atoms with van der Waals surface area (Å²) in [7, 11) is 0. The highest BCUT2D eigenvalue weighted by atomic mass is 16.3. The van der Waals surface area contributed by atoms with Crippen LogP contribution in [-0.4, -0.2) is 45.9 Å². The molecule has 3 rings (SSSR count). The second-order valence-corrected chi connectivity index (χ2v) is 8.43. The van der Waals surface area contributed by atoms with Crippen molar-refractivity contribution in [1.82, 2.24) is 20.7 Å². The van der Waals surface area contributed by atoms with Crippen LogP contribution < -0.4 is 10.7 Å². The second kappa shape index (κ2) is 9.34. The lowest BCUT2D eigenvalue weighted by atomic mass is 9.93. The number of hydrazine groups is 1. The van der Waals surface area contributed by atoms with Crippen LogP contribution in [0.3, 0.4) is 0 Å². The molecule has 8 nitrogen and oxygen atoms in total. The maximum absolute atomic E-state index is 12.9. The third-order valence-electron chi connectivity index (χ3n) is 5.49. The van der Waals surface area contributed by atoms with Crippen molar-refractivity contribution in [3.05, 3.63) is 59.5 Å². The maximum Gasteiger partial charge on any atom is 0.344 e. The number of carbonyl (C=O) groups excluding carboxylic acids is 3. The summed E-state index contributed by atoms with van der Waals surface area (Å²) in [5.74, 6) is 0.659. The summed E-state index contributed by atoms with van der Waals surface area (Å²) in [6.45, 7) is 7.96. The van der Waals surface area contributed by atoms with E-state index >= 15 is 0 Å². The minimum Gasteiger partial charge on any atom is -0.465 e.